The van der Waals surface area contributed by atoms with Crippen LogP contribution in [0.3, 0.4) is 0 Å². The predicted octanol–water partition coefficient (Wildman–Crippen LogP) is 4.43. The number of allylic oxidation sites excluding steroid dienone is 1. The van der Waals surface area contributed by atoms with Gasteiger partial charge in [-0.05, 0) is 39.0 Å². The second-order valence-corrected chi connectivity index (χ2v) is 6.77. The maximum absolute atomic E-state index is 11.8. The molecule has 4 nitrogen and oxygen atoms in total. The van der Waals surface area contributed by atoms with Gasteiger partial charge in [0.05, 0.1) is 12.7 Å². The number of piperidine rings is 1. The molecule has 0 aromatic heterocycles. The molecule has 1 aliphatic heterocycles. The third-order valence-corrected chi connectivity index (χ3v) is 5.06. The summed E-state index contributed by atoms with van der Waals surface area (Å²) in [7, 11) is 1.42. The molecule has 0 bridgehead atoms. The van der Waals surface area contributed by atoms with Crippen molar-refractivity contribution in [3.63, 3.8) is 0 Å². The van der Waals surface area contributed by atoms with Crippen molar-refractivity contribution in [1.82, 2.24) is 4.90 Å². The lowest BCUT2D eigenvalue weighted by Gasteiger charge is -2.37. The molecule has 0 unspecified atom stereocenters. The highest BCUT2D eigenvalue weighted by molar-refractivity contribution is 8.13. The van der Waals surface area contributed by atoms with Crippen molar-refractivity contribution in [2.75, 3.05) is 26.0 Å². The Morgan fingerprint density at radius 1 is 1.33 bits per heavy atom. The standard InChI is InChI=1S/C19H32N2O2S/c1-5-8-11-16(18(22)23-4)13-15-24-19(20-7-3)21-14-10-9-12-17(21)6-2/h8,11,13,17H,5-7,9-10,12,14-15H2,1-4H3/b11-8-,16-13-,20-19?/t17-/m1/s1. The first-order valence-electron chi connectivity index (χ1n) is 9.06. The SMILES string of the molecule is CC/C=C\C(=C\CSC(=NCC)N1CCCC[C@H]1CC)C(=O)OC. The first-order valence-corrected chi connectivity index (χ1v) is 10.0. The average molecular weight is 353 g/mol. The number of amidine groups is 1. The monoisotopic (exact) mass is 352 g/mol. The molecule has 136 valence electrons. The van der Waals surface area contributed by atoms with Crippen LogP contribution in [0, 0.1) is 0 Å². The molecule has 5 heteroatoms. The van der Waals surface area contributed by atoms with Crippen molar-refractivity contribution in [3.8, 4) is 0 Å². The molecule has 1 atom stereocenters. The summed E-state index contributed by atoms with van der Waals surface area (Å²) in [4.78, 5) is 19.0. The van der Waals surface area contributed by atoms with Crippen molar-refractivity contribution in [1.29, 1.82) is 0 Å². The molecule has 0 radical (unpaired) electrons. The maximum atomic E-state index is 11.8. The Bertz CT molecular complexity index is 472. The Balaban J connectivity index is 2.77. The number of carbonyl (C=O) groups is 1. The Kier molecular flexibility index (Phi) is 10.6. The molecular formula is C19H32N2O2S. The van der Waals surface area contributed by atoms with E-state index in [9.17, 15) is 4.79 Å². The van der Waals surface area contributed by atoms with Crippen LogP contribution in [-0.4, -0.2) is 48.0 Å². The topological polar surface area (TPSA) is 41.9 Å². The first-order chi connectivity index (χ1) is 11.7. The molecular weight excluding hydrogens is 320 g/mol. The van der Waals surface area contributed by atoms with Gasteiger partial charge in [-0.2, -0.15) is 0 Å². The van der Waals surface area contributed by atoms with E-state index in [1.165, 1.54) is 26.4 Å². The third kappa shape index (κ3) is 6.71. The Morgan fingerprint density at radius 3 is 2.75 bits per heavy atom. The van der Waals surface area contributed by atoms with E-state index in [-0.39, 0.29) is 5.97 Å². The molecule has 0 N–H and O–H groups in total. The van der Waals surface area contributed by atoms with Gasteiger partial charge in [0, 0.05) is 24.9 Å². The summed E-state index contributed by atoms with van der Waals surface area (Å²) in [5.74, 6) is 0.447. The van der Waals surface area contributed by atoms with Gasteiger partial charge >= 0.3 is 5.97 Å². The van der Waals surface area contributed by atoms with Crippen molar-refractivity contribution >= 4 is 22.9 Å². The fourth-order valence-corrected chi connectivity index (χ4v) is 3.86. The minimum Gasteiger partial charge on any atom is -0.465 e. The van der Waals surface area contributed by atoms with Crippen LogP contribution in [0.1, 0.15) is 52.9 Å². The highest BCUT2D eigenvalue weighted by Gasteiger charge is 2.23. The van der Waals surface area contributed by atoms with Gasteiger partial charge in [-0.3, -0.25) is 4.99 Å². The van der Waals surface area contributed by atoms with E-state index in [0.717, 1.165) is 36.9 Å². The largest absolute Gasteiger partial charge is 0.465 e. The summed E-state index contributed by atoms with van der Waals surface area (Å²) in [6.45, 7) is 8.26. The molecule has 0 aromatic rings. The van der Waals surface area contributed by atoms with E-state index in [0.29, 0.717) is 11.6 Å². The van der Waals surface area contributed by atoms with Crippen LogP contribution in [0.15, 0.2) is 28.8 Å². The lowest BCUT2D eigenvalue weighted by atomic mass is 10.0. The summed E-state index contributed by atoms with van der Waals surface area (Å²) in [6, 6.07) is 0.598. The van der Waals surface area contributed by atoms with E-state index in [1.54, 1.807) is 11.8 Å². The highest BCUT2D eigenvalue weighted by atomic mass is 32.2. The van der Waals surface area contributed by atoms with E-state index < -0.39 is 0 Å². The van der Waals surface area contributed by atoms with Gasteiger partial charge in [-0.1, -0.05) is 43.8 Å². The number of likely N-dealkylation sites (tertiary alicyclic amines) is 1. The Hall–Kier alpha value is -1.23. The van der Waals surface area contributed by atoms with Crippen molar-refractivity contribution in [2.24, 2.45) is 4.99 Å². The summed E-state index contributed by atoms with van der Waals surface area (Å²) in [5, 5.41) is 1.11. The number of hydrogen-bond donors (Lipinski definition) is 0. The molecule has 0 amide bonds. The van der Waals surface area contributed by atoms with Gasteiger partial charge in [-0.25, -0.2) is 4.79 Å². The zero-order valence-electron chi connectivity index (χ0n) is 15.6. The smallest absolute Gasteiger partial charge is 0.337 e. The Labute approximate surface area is 151 Å². The molecule has 1 saturated heterocycles. The number of methoxy groups -OCH3 is 1. The summed E-state index contributed by atoms with van der Waals surface area (Å²) in [5.41, 5.74) is 0.619. The van der Waals surface area contributed by atoms with Crippen LogP contribution >= 0.6 is 11.8 Å². The average Bonchev–Trinajstić information content (AvgIpc) is 2.62. The number of nitrogens with zero attached hydrogens (tertiary/aromatic N) is 2. The van der Waals surface area contributed by atoms with Crippen molar-refractivity contribution < 1.29 is 9.53 Å². The van der Waals surface area contributed by atoms with E-state index >= 15 is 0 Å². The zero-order chi connectivity index (χ0) is 17.8. The van der Waals surface area contributed by atoms with E-state index in [4.69, 9.17) is 9.73 Å². The molecule has 24 heavy (non-hydrogen) atoms. The van der Waals surface area contributed by atoms with E-state index in [1.807, 2.05) is 25.2 Å². The zero-order valence-corrected chi connectivity index (χ0v) is 16.4. The lowest BCUT2D eigenvalue weighted by molar-refractivity contribution is -0.135. The van der Waals surface area contributed by atoms with Gasteiger partial charge in [0.2, 0.25) is 0 Å². The number of hydrogen-bond acceptors (Lipinski definition) is 4. The van der Waals surface area contributed by atoms with Crippen LogP contribution in [0.25, 0.3) is 0 Å². The number of carbonyl (C=O) groups excluding carboxylic acids is 1. The van der Waals surface area contributed by atoms with E-state index in [2.05, 4.69) is 18.7 Å². The highest BCUT2D eigenvalue weighted by Crippen LogP contribution is 2.24. The van der Waals surface area contributed by atoms with Gasteiger partial charge in [-0.15, -0.1) is 0 Å². The minimum absolute atomic E-state index is 0.279. The molecule has 1 heterocycles. The Morgan fingerprint density at radius 2 is 2.12 bits per heavy atom. The molecule has 0 saturated carbocycles. The number of thioether (sulfide) groups is 1. The van der Waals surface area contributed by atoms with Gasteiger partial charge in [0.25, 0.3) is 0 Å². The molecule has 1 rings (SSSR count). The van der Waals surface area contributed by atoms with Crippen LogP contribution < -0.4 is 0 Å². The molecule has 1 fully saturated rings. The third-order valence-electron chi connectivity index (χ3n) is 4.11. The van der Waals surface area contributed by atoms with Crippen molar-refractivity contribution in [2.45, 2.75) is 58.9 Å². The normalized spacial score (nSPS) is 19.8. The second kappa shape index (κ2) is 12.2. The second-order valence-electron chi connectivity index (χ2n) is 5.78. The van der Waals surface area contributed by atoms with Crippen LogP contribution in [0.2, 0.25) is 0 Å². The van der Waals surface area contributed by atoms with Gasteiger partial charge in [0.1, 0.15) is 0 Å². The summed E-state index contributed by atoms with van der Waals surface area (Å²) >= 11 is 1.72. The lowest BCUT2D eigenvalue weighted by Crippen LogP contribution is -2.42. The molecule has 0 spiro atoms. The maximum Gasteiger partial charge on any atom is 0.337 e. The fraction of sp³-hybridized carbons (Fsp3) is 0.684. The quantitative estimate of drug-likeness (QED) is 0.223. The summed E-state index contributed by atoms with van der Waals surface area (Å²) in [6.07, 6.45) is 11.6. The predicted molar refractivity (Wildman–Crippen MR) is 105 cm³/mol. The summed E-state index contributed by atoms with van der Waals surface area (Å²) < 4.78 is 4.86. The van der Waals surface area contributed by atoms with Gasteiger partial charge < -0.3 is 9.64 Å². The van der Waals surface area contributed by atoms with Crippen LogP contribution in [0.5, 0.6) is 0 Å². The first kappa shape index (κ1) is 20.8. The number of rotatable bonds is 7. The fourth-order valence-electron chi connectivity index (χ4n) is 2.82. The van der Waals surface area contributed by atoms with Crippen LogP contribution in [0.4, 0.5) is 0 Å². The number of aliphatic imine (C=N–C) groups is 1. The molecule has 1 aliphatic rings. The van der Waals surface area contributed by atoms with Crippen LogP contribution in [-0.2, 0) is 9.53 Å². The van der Waals surface area contributed by atoms with Crippen molar-refractivity contribution in [3.05, 3.63) is 23.8 Å². The molecule has 0 aromatic carbocycles. The minimum atomic E-state index is -0.279. The number of ether oxygens (including phenoxy) is 1. The van der Waals surface area contributed by atoms with Gasteiger partial charge in [0.15, 0.2) is 5.17 Å². The molecule has 0 aliphatic carbocycles. The number of esters is 1.